The largest absolute Gasteiger partial charge is 0.309 e. The predicted octanol–water partition coefficient (Wildman–Crippen LogP) is 4.15. The fourth-order valence-electron chi connectivity index (χ4n) is 2.58. The van der Waals surface area contributed by atoms with Crippen LogP contribution in [0.2, 0.25) is 0 Å². The van der Waals surface area contributed by atoms with E-state index in [-0.39, 0.29) is 6.04 Å². The van der Waals surface area contributed by atoms with Crippen molar-refractivity contribution in [1.29, 1.82) is 0 Å². The summed E-state index contributed by atoms with van der Waals surface area (Å²) in [5.74, 6) is 0. The molecule has 0 aliphatic rings. The summed E-state index contributed by atoms with van der Waals surface area (Å²) in [6.07, 6.45) is 3.79. The minimum absolute atomic E-state index is 0.177. The zero-order valence-corrected chi connectivity index (χ0v) is 13.3. The van der Waals surface area contributed by atoms with Gasteiger partial charge in [-0.25, -0.2) is 0 Å². The van der Waals surface area contributed by atoms with Crippen molar-refractivity contribution in [3.05, 3.63) is 75.6 Å². The Morgan fingerprint density at radius 2 is 1.80 bits per heavy atom. The third-order valence-electron chi connectivity index (χ3n) is 3.53. The highest BCUT2D eigenvalue weighted by Gasteiger charge is 2.16. The first-order chi connectivity index (χ1) is 9.81. The SMILES string of the molecule is CNC(c1ccccc1I)c1cccc2ccncc12. The topological polar surface area (TPSA) is 24.9 Å². The van der Waals surface area contributed by atoms with Crippen molar-refractivity contribution in [1.82, 2.24) is 10.3 Å². The minimum Gasteiger partial charge on any atom is -0.309 e. The Labute approximate surface area is 132 Å². The van der Waals surface area contributed by atoms with Gasteiger partial charge in [0.1, 0.15) is 0 Å². The lowest BCUT2D eigenvalue weighted by Crippen LogP contribution is -2.19. The number of nitrogens with zero attached hydrogens (tertiary/aromatic N) is 1. The van der Waals surface area contributed by atoms with E-state index in [9.17, 15) is 0 Å². The van der Waals surface area contributed by atoms with Crippen LogP contribution in [0.25, 0.3) is 10.8 Å². The Bertz CT molecular complexity index is 734. The van der Waals surface area contributed by atoms with Crippen LogP contribution in [0, 0.1) is 3.57 Å². The van der Waals surface area contributed by atoms with E-state index in [1.165, 1.54) is 25.5 Å². The van der Waals surface area contributed by atoms with Crippen molar-refractivity contribution < 1.29 is 0 Å². The van der Waals surface area contributed by atoms with Crippen molar-refractivity contribution in [2.45, 2.75) is 6.04 Å². The molecule has 0 bridgehead atoms. The van der Waals surface area contributed by atoms with Crippen molar-refractivity contribution in [3.63, 3.8) is 0 Å². The highest BCUT2D eigenvalue weighted by Crippen LogP contribution is 2.30. The van der Waals surface area contributed by atoms with Gasteiger partial charge in [-0.15, -0.1) is 0 Å². The number of hydrogen-bond donors (Lipinski definition) is 1. The number of hydrogen-bond acceptors (Lipinski definition) is 2. The summed E-state index contributed by atoms with van der Waals surface area (Å²) in [6.45, 7) is 0. The van der Waals surface area contributed by atoms with Crippen LogP contribution >= 0.6 is 22.6 Å². The molecule has 100 valence electrons. The molecule has 2 nitrogen and oxygen atoms in total. The fourth-order valence-corrected chi connectivity index (χ4v) is 3.28. The van der Waals surface area contributed by atoms with E-state index < -0.39 is 0 Å². The Hall–Kier alpha value is -1.46. The number of halogens is 1. The standard InChI is InChI=1S/C17H15IN2/c1-19-17(14-6-2-3-8-16(14)18)13-7-4-5-12-9-10-20-11-15(12)13/h2-11,17,19H,1H3. The van der Waals surface area contributed by atoms with Gasteiger partial charge < -0.3 is 5.32 Å². The molecule has 0 radical (unpaired) electrons. The van der Waals surface area contributed by atoms with Gasteiger partial charge in [-0.3, -0.25) is 4.98 Å². The Morgan fingerprint density at radius 1 is 1.00 bits per heavy atom. The van der Waals surface area contributed by atoms with Crippen molar-refractivity contribution >= 4 is 33.4 Å². The molecule has 0 aliphatic carbocycles. The van der Waals surface area contributed by atoms with E-state index >= 15 is 0 Å². The Balaban J connectivity index is 2.20. The Morgan fingerprint density at radius 3 is 2.60 bits per heavy atom. The summed E-state index contributed by atoms with van der Waals surface area (Å²) in [4.78, 5) is 4.28. The molecule has 3 heteroatoms. The highest BCUT2D eigenvalue weighted by molar-refractivity contribution is 14.1. The molecule has 1 atom stereocenters. The molecule has 2 aromatic carbocycles. The smallest absolute Gasteiger partial charge is 0.0591 e. The number of pyridine rings is 1. The van der Waals surface area contributed by atoms with Gasteiger partial charge in [-0.2, -0.15) is 0 Å². The molecule has 0 saturated heterocycles. The van der Waals surface area contributed by atoms with Crippen LogP contribution in [0.5, 0.6) is 0 Å². The first-order valence-corrected chi connectivity index (χ1v) is 7.63. The quantitative estimate of drug-likeness (QED) is 0.697. The highest BCUT2D eigenvalue weighted by atomic mass is 127. The number of fused-ring (bicyclic) bond motifs is 1. The van der Waals surface area contributed by atoms with Crippen LogP contribution in [0.3, 0.4) is 0 Å². The van der Waals surface area contributed by atoms with Gasteiger partial charge in [-0.1, -0.05) is 36.4 Å². The van der Waals surface area contributed by atoms with Crippen LogP contribution in [-0.2, 0) is 0 Å². The second-order valence-electron chi connectivity index (χ2n) is 4.69. The zero-order chi connectivity index (χ0) is 13.9. The summed E-state index contributed by atoms with van der Waals surface area (Å²) < 4.78 is 1.27. The Kier molecular flexibility index (Phi) is 3.98. The first-order valence-electron chi connectivity index (χ1n) is 6.55. The number of rotatable bonds is 3. The van der Waals surface area contributed by atoms with Crippen LogP contribution in [0.4, 0.5) is 0 Å². The van der Waals surface area contributed by atoms with E-state index in [2.05, 4.69) is 81.4 Å². The molecule has 20 heavy (non-hydrogen) atoms. The van der Waals surface area contributed by atoms with E-state index in [4.69, 9.17) is 0 Å². The molecule has 0 spiro atoms. The number of nitrogens with one attached hydrogen (secondary N) is 1. The summed E-state index contributed by atoms with van der Waals surface area (Å²) in [6, 6.07) is 17.1. The molecule has 1 N–H and O–H groups in total. The molecule has 0 amide bonds. The fraction of sp³-hybridized carbons (Fsp3) is 0.118. The van der Waals surface area contributed by atoms with E-state index in [1.807, 2.05) is 19.4 Å². The third kappa shape index (κ3) is 2.43. The maximum Gasteiger partial charge on any atom is 0.0591 e. The zero-order valence-electron chi connectivity index (χ0n) is 11.2. The summed E-state index contributed by atoms with van der Waals surface area (Å²) >= 11 is 2.39. The maximum absolute atomic E-state index is 4.28. The molecule has 1 unspecified atom stereocenters. The lowest BCUT2D eigenvalue weighted by Gasteiger charge is -2.20. The number of benzene rings is 2. The van der Waals surface area contributed by atoms with Gasteiger partial charge in [0.2, 0.25) is 0 Å². The molecule has 3 rings (SSSR count). The molecule has 1 heterocycles. The number of aromatic nitrogens is 1. The van der Waals surface area contributed by atoms with Crippen LogP contribution in [-0.4, -0.2) is 12.0 Å². The van der Waals surface area contributed by atoms with Crippen molar-refractivity contribution in [3.8, 4) is 0 Å². The van der Waals surface area contributed by atoms with E-state index in [0.717, 1.165) is 0 Å². The van der Waals surface area contributed by atoms with Gasteiger partial charge in [-0.05, 0) is 58.3 Å². The van der Waals surface area contributed by atoms with Crippen molar-refractivity contribution in [2.24, 2.45) is 0 Å². The second kappa shape index (κ2) is 5.89. The van der Waals surface area contributed by atoms with Gasteiger partial charge in [0, 0.05) is 21.4 Å². The summed E-state index contributed by atoms with van der Waals surface area (Å²) in [5.41, 5.74) is 2.56. The average molecular weight is 374 g/mol. The van der Waals surface area contributed by atoms with Crippen LogP contribution in [0.15, 0.2) is 60.9 Å². The predicted molar refractivity (Wildman–Crippen MR) is 91.8 cm³/mol. The van der Waals surface area contributed by atoms with Crippen LogP contribution < -0.4 is 5.32 Å². The van der Waals surface area contributed by atoms with Gasteiger partial charge in [0.15, 0.2) is 0 Å². The van der Waals surface area contributed by atoms with Crippen molar-refractivity contribution in [2.75, 3.05) is 7.05 Å². The normalized spacial score (nSPS) is 12.5. The van der Waals surface area contributed by atoms with E-state index in [0.29, 0.717) is 0 Å². The molecule has 0 fully saturated rings. The summed E-state index contributed by atoms with van der Waals surface area (Å²) in [7, 11) is 2.00. The second-order valence-corrected chi connectivity index (χ2v) is 5.85. The molecule has 1 aromatic heterocycles. The van der Waals surface area contributed by atoms with E-state index in [1.54, 1.807) is 0 Å². The molecular formula is C17H15IN2. The average Bonchev–Trinajstić information content (AvgIpc) is 2.50. The van der Waals surface area contributed by atoms with Crippen LogP contribution in [0.1, 0.15) is 17.2 Å². The lowest BCUT2D eigenvalue weighted by atomic mass is 9.95. The first kappa shape index (κ1) is 13.5. The lowest BCUT2D eigenvalue weighted by molar-refractivity contribution is 0.693. The molecular weight excluding hydrogens is 359 g/mol. The van der Waals surface area contributed by atoms with Gasteiger partial charge in [0.05, 0.1) is 6.04 Å². The van der Waals surface area contributed by atoms with Gasteiger partial charge >= 0.3 is 0 Å². The van der Waals surface area contributed by atoms with Gasteiger partial charge in [0.25, 0.3) is 0 Å². The molecule has 3 aromatic rings. The molecule has 0 saturated carbocycles. The summed E-state index contributed by atoms with van der Waals surface area (Å²) in [5, 5.41) is 5.86. The third-order valence-corrected chi connectivity index (χ3v) is 4.52. The maximum atomic E-state index is 4.28. The molecule has 0 aliphatic heterocycles. The monoisotopic (exact) mass is 374 g/mol. The minimum atomic E-state index is 0.177.